The molecule has 5 rings (SSSR count). The van der Waals surface area contributed by atoms with Gasteiger partial charge in [-0.2, -0.15) is 4.31 Å². The van der Waals surface area contributed by atoms with Crippen molar-refractivity contribution < 1.29 is 22.7 Å². The predicted octanol–water partition coefficient (Wildman–Crippen LogP) is 3.42. The molecule has 0 fully saturated rings. The van der Waals surface area contributed by atoms with Crippen LogP contribution in [0.5, 0.6) is 0 Å². The molecule has 0 radical (unpaired) electrons. The van der Waals surface area contributed by atoms with Gasteiger partial charge in [-0.25, -0.2) is 17.9 Å². The van der Waals surface area contributed by atoms with E-state index in [4.69, 9.17) is 4.74 Å². The average molecular weight is 575 g/mol. The van der Waals surface area contributed by atoms with Gasteiger partial charge in [0.15, 0.2) is 6.10 Å². The maximum Gasteiger partial charge on any atom is 0.338 e. The Morgan fingerprint density at radius 3 is 2.24 bits per heavy atom. The minimum absolute atomic E-state index is 0.0634. The Bertz CT molecular complexity index is 1780. The van der Waals surface area contributed by atoms with Gasteiger partial charge in [-0.3, -0.25) is 14.3 Å². The van der Waals surface area contributed by atoms with E-state index in [0.29, 0.717) is 24.3 Å². The van der Waals surface area contributed by atoms with Crippen LogP contribution in [0.15, 0.2) is 88.6 Å². The molecule has 41 heavy (non-hydrogen) atoms. The minimum Gasteiger partial charge on any atom is -0.449 e. The van der Waals surface area contributed by atoms with Crippen molar-refractivity contribution in [3.05, 3.63) is 112 Å². The van der Waals surface area contributed by atoms with Gasteiger partial charge in [0.1, 0.15) is 5.69 Å². The Balaban J connectivity index is 1.25. The van der Waals surface area contributed by atoms with Crippen LogP contribution in [0, 0.1) is 6.92 Å². The van der Waals surface area contributed by atoms with Crippen molar-refractivity contribution in [1.82, 2.24) is 13.7 Å². The average Bonchev–Trinajstić information content (AvgIpc) is 3.19. The molecule has 2 heterocycles. The third kappa shape index (κ3) is 5.46. The van der Waals surface area contributed by atoms with Gasteiger partial charge in [0.2, 0.25) is 10.0 Å². The van der Waals surface area contributed by atoms with Crippen molar-refractivity contribution in [2.75, 3.05) is 11.9 Å². The molecule has 1 amide bonds. The van der Waals surface area contributed by atoms with Crippen LogP contribution in [0.4, 0.5) is 5.69 Å². The zero-order chi connectivity index (χ0) is 29.3. The van der Waals surface area contributed by atoms with Crippen molar-refractivity contribution in [1.29, 1.82) is 0 Å². The van der Waals surface area contributed by atoms with Gasteiger partial charge in [-0.05, 0) is 67.8 Å². The maximum absolute atomic E-state index is 13.2. The molecule has 1 aliphatic heterocycles. The molecule has 0 aliphatic carbocycles. The first kappa shape index (κ1) is 28.1. The lowest BCUT2D eigenvalue weighted by Gasteiger charge is -2.28. The smallest absolute Gasteiger partial charge is 0.338 e. The van der Waals surface area contributed by atoms with E-state index < -0.39 is 33.6 Å². The highest BCUT2D eigenvalue weighted by molar-refractivity contribution is 7.89. The molecule has 3 aromatic carbocycles. The number of nitrogens with zero attached hydrogens (tertiary/aromatic N) is 3. The van der Waals surface area contributed by atoms with Crippen LogP contribution in [-0.4, -0.2) is 46.6 Å². The molecule has 0 unspecified atom stereocenters. The Morgan fingerprint density at radius 1 is 0.927 bits per heavy atom. The number of amides is 1. The van der Waals surface area contributed by atoms with E-state index in [1.165, 1.54) is 40.2 Å². The van der Waals surface area contributed by atoms with Crippen molar-refractivity contribution >= 4 is 27.6 Å². The van der Waals surface area contributed by atoms with E-state index in [1.54, 1.807) is 42.9 Å². The van der Waals surface area contributed by atoms with E-state index in [2.05, 4.69) is 5.32 Å². The summed E-state index contributed by atoms with van der Waals surface area (Å²) in [7, 11) is -2.06. The normalized spacial score (nSPS) is 14.2. The standard InChI is InChI=1S/C30H30N4O6S/c1-20-27(29(36)34(32(20)3)25-11-5-4-6-12-25)31-28(35)21(2)40-30(37)23-13-15-26(16-14-23)41(38,39)33-18-17-22-9-7-8-10-24(22)19-33/h4-16,21H,17-19H2,1-3H3,(H,31,35)/t21-/m0/s1. The largest absolute Gasteiger partial charge is 0.449 e. The number of anilines is 1. The Morgan fingerprint density at radius 2 is 1.56 bits per heavy atom. The number of carbonyl (C=O) groups excluding carboxylic acids is 2. The number of carbonyl (C=O) groups is 2. The fourth-order valence-corrected chi connectivity index (χ4v) is 6.23. The number of hydrogen-bond acceptors (Lipinski definition) is 6. The Labute approximate surface area is 237 Å². The molecular weight excluding hydrogens is 544 g/mol. The Hall–Kier alpha value is -4.48. The highest BCUT2D eigenvalue weighted by atomic mass is 32.2. The number of aromatic nitrogens is 2. The van der Waals surface area contributed by atoms with Gasteiger partial charge in [0, 0.05) is 20.1 Å². The molecular formula is C30H30N4O6S. The van der Waals surface area contributed by atoms with Crippen LogP contribution in [-0.2, 0) is 39.6 Å². The summed E-state index contributed by atoms with van der Waals surface area (Å²) in [6.07, 6.45) is -0.592. The first-order valence-corrected chi connectivity index (χ1v) is 14.5. The second kappa shape index (κ2) is 11.2. The second-order valence-corrected chi connectivity index (χ2v) is 11.8. The Kier molecular flexibility index (Phi) is 7.65. The molecule has 0 saturated heterocycles. The van der Waals surface area contributed by atoms with Crippen molar-refractivity contribution in [3.8, 4) is 5.69 Å². The van der Waals surface area contributed by atoms with Crippen LogP contribution in [0.2, 0.25) is 0 Å². The number of esters is 1. The molecule has 4 aromatic rings. The number of rotatable bonds is 7. The second-order valence-electron chi connectivity index (χ2n) is 9.85. The highest BCUT2D eigenvalue weighted by Gasteiger charge is 2.29. The molecule has 212 valence electrons. The van der Waals surface area contributed by atoms with Gasteiger partial charge in [-0.1, -0.05) is 42.5 Å². The monoisotopic (exact) mass is 574 g/mol. The number of ether oxygens (including phenoxy) is 1. The van der Waals surface area contributed by atoms with Gasteiger partial charge in [-0.15, -0.1) is 0 Å². The van der Waals surface area contributed by atoms with Gasteiger partial charge < -0.3 is 10.1 Å². The number of nitrogens with one attached hydrogen (secondary N) is 1. The maximum atomic E-state index is 13.2. The number of para-hydroxylation sites is 1. The van der Waals surface area contributed by atoms with Gasteiger partial charge in [0.05, 0.1) is 21.8 Å². The number of benzene rings is 3. The molecule has 1 aliphatic rings. The molecule has 1 N–H and O–H groups in total. The SMILES string of the molecule is Cc1c(NC(=O)[C@H](C)OC(=O)c2ccc(S(=O)(=O)N3CCc4ccccc4C3)cc2)c(=O)n(-c2ccccc2)n1C. The first-order chi connectivity index (χ1) is 19.6. The molecule has 10 nitrogen and oxygen atoms in total. The molecule has 0 bridgehead atoms. The van der Waals surface area contributed by atoms with E-state index >= 15 is 0 Å². The van der Waals surface area contributed by atoms with Crippen LogP contribution < -0.4 is 10.9 Å². The van der Waals surface area contributed by atoms with E-state index in [1.807, 2.05) is 30.3 Å². The zero-order valence-electron chi connectivity index (χ0n) is 22.9. The molecule has 0 spiro atoms. The summed E-state index contributed by atoms with van der Waals surface area (Å²) < 4.78 is 36.2. The predicted molar refractivity (Wildman–Crippen MR) is 153 cm³/mol. The highest BCUT2D eigenvalue weighted by Crippen LogP contribution is 2.25. The van der Waals surface area contributed by atoms with E-state index in [0.717, 1.165) is 11.1 Å². The van der Waals surface area contributed by atoms with Crippen molar-refractivity contribution in [2.45, 2.75) is 37.8 Å². The first-order valence-electron chi connectivity index (χ1n) is 13.1. The summed E-state index contributed by atoms with van der Waals surface area (Å²) >= 11 is 0. The number of hydrogen-bond donors (Lipinski definition) is 1. The van der Waals surface area contributed by atoms with Crippen molar-refractivity contribution in [3.63, 3.8) is 0 Å². The summed E-state index contributed by atoms with van der Waals surface area (Å²) in [5, 5.41) is 2.58. The minimum atomic E-state index is -3.76. The van der Waals surface area contributed by atoms with Gasteiger partial charge >= 0.3 is 5.97 Å². The van der Waals surface area contributed by atoms with Gasteiger partial charge in [0.25, 0.3) is 11.5 Å². The lowest BCUT2D eigenvalue weighted by atomic mass is 10.0. The number of sulfonamides is 1. The third-order valence-corrected chi connectivity index (χ3v) is 9.14. The summed E-state index contributed by atoms with van der Waals surface area (Å²) in [4.78, 5) is 38.7. The lowest BCUT2D eigenvalue weighted by Crippen LogP contribution is -2.36. The topological polar surface area (TPSA) is 120 Å². The summed E-state index contributed by atoms with van der Waals surface area (Å²) in [6, 6.07) is 22.2. The zero-order valence-corrected chi connectivity index (χ0v) is 23.7. The van der Waals surface area contributed by atoms with Crippen LogP contribution >= 0.6 is 0 Å². The quantitative estimate of drug-likeness (QED) is 0.338. The van der Waals surface area contributed by atoms with Crippen LogP contribution in [0.3, 0.4) is 0 Å². The fourth-order valence-electron chi connectivity index (χ4n) is 4.81. The summed E-state index contributed by atoms with van der Waals surface area (Å²) in [5.41, 5.74) is 3.03. The van der Waals surface area contributed by atoms with Crippen LogP contribution in [0.25, 0.3) is 5.69 Å². The molecule has 0 saturated carbocycles. The molecule has 11 heteroatoms. The van der Waals surface area contributed by atoms with E-state index in [9.17, 15) is 22.8 Å². The molecule has 1 atom stereocenters. The number of fused-ring (bicyclic) bond motifs is 1. The lowest BCUT2D eigenvalue weighted by molar-refractivity contribution is -0.123. The van der Waals surface area contributed by atoms with Crippen molar-refractivity contribution in [2.24, 2.45) is 7.05 Å². The summed E-state index contributed by atoms with van der Waals surface area (Å²) in [6.45, 7) is 3.75. The molecule has 1 aromatic heterocycles. The fraction of sp³-hybridized carbons (Fsp3) is 0.233. The van der Waals surface area contributed by atoms with E-state index in [-0.39, 0.29) is 22.7 Å². The van der Waals surface area contributed by atoms with Crippen LogP contribution in [0.1, 0.15) is 34.1 Å². The third-order valence-electron chi connectivity index (χ3n) is 7.28. The summed E-state index contributed by atoms with van der Waals surface area (Å²) in [5.74, 6) is -1.47.